The summed E-state index contributed by atoms with van der Waals surface area (Å²) < 4.78 is 100. The molecule has 0 aliphatic carbocycles. The van der Waals surface area contributed by atoms with E-state index in [1.807, 2.05) is 0 Å². The summed E-state index contributed by atoms with van der Waals surface area (Å²) in [7, 11) is 2.84. The fourth-order valence-electron chi connectivity index (χ4n) is 3.69. The summed E-state index contributed by atoms with van der Waals surface area (Å²) in [4.78, 5) is 20.8. The predicted molar refractivity (Wildman–Crippen MR) is 133 cm³/mol. The van der Waals surface area contributed by atoms with Crippen molar-refractivity contribution in [3.63, 3.8) is 0 Å². The predicted octanol–water partition coefficient (Wildman–Crippen LogP) is 7.29. The second-order valence-corrected chi connectivity index (χ2v) is 8.67. The molecule has 0 radical (unpaired) electrons. The Kier molecular flexibility index (Phi) is 7.70. The zero-order valence-corrected chi connectivity index (χ0v) is 21.5. The van der Waals surface area contributed by atoms with E-state index in [-0.39, 0.29) is 17.5 Å². The minimum absolute atomic E-state index is 0.0386. The molecule has 3 aromatic carbocycles. The first-order chi connectivity index (χ1) is 18.7. The molecule has 40 heavy (non-hydrogen) atoms. The number of carbonyl (C=O) groups is 1. The fourth-order valence-corrected chi connectivity index (χ4v) is 3.92. The Morgan fingerprint density at radius 2 is 1.57 bits per heavy atom. The molecule has 0 spiro atoms. The SMILES string of the molecule is COc1cc2nc(C)nc(Oc3ccc(C(F)(F)C(=O)Nc4ccc(Cl)c(C(F)(F)F)c4)c(F)c3)c2cc1OC. The van der Waals surface area contributed by atoms with Gasteiger partial charge in [0, 0.05) is 17.8 Å². The molecule has 14 heteroatoms. The van der Waals surface area contributed by atoms with Crippen molar-refractivity contribution in [2.45, 2.75) is 19.0 Å². The Balaban J connectivity index is 1.62. The van der Waals surface area contributed by atoms with Crippen molar-refractivity contribution in [3.05, 3.63) is 76.3 Å². The number of halogens is 7. The van der Waals surface area contributed by atoms with Crippen molar-refractivity contribution >= 4 is 34.1 Å². The number of ether oxygens (including phenoxy) is 3. The smallest absolute Gasteiger partial charge is 0.417 e. The molecular weight excluding hydrogens is 568 g/mol. The van der Waals surface area contributed by atoms with E-state index in [0.29, 0.717) is 40.6 Å². The minimum Gasteiger partial charge on any atom is -0.493 e. The van der Waals surface area contributed by atoms with Crippen molar-refractivity contribution in [2.24, 2.45) is 0 Å². The van der Waals surface area contributed by atoms with Gasteiger partial charge in [-0.15, -0.1) is 0 Å². The highest BCUT2D eigenvalue weighted by Crippen LogP contribution is 2.39. The summed E-state index contributed by atoms with van der Waals surface area (Å²) in [6, 6.07) is 7.38. The van der Waals surface area contributed by atoms with Gasteiger partial charge in [0.15, 0.2) is 11.5 Å². The first kappa shape index (κ1) is 28.7. The third-order valence-electron chi connectivity index (χ3n) is 5.59. The van der Waals surface area contributed by atoms with Crippen molar-refractivity contribution < 1.29 is 45.3 Å². The second-order valence-electron chi connectivity index (χ2n) is 8.26. The van der Waals surface area contributed by atoms with Crippen LogP contribution < -0.4 is 19.5 Å². The molecule has 1 amide bonds. The molecule has 4 aromatic rings. The van der Waals surface area contributed by atoms with Gasteiger partial charge in [-0.1, -0.05) is 11.6 Å². The molecule has 0 aliphatic rings. The number of nitrogens with one attached hydrogen (secondary N) is 1. The lowest BCUT2D eigenvalue weighted by atomic mass is 10.1. The summed E-state index contributed by atoms with van der Waals surface area (Å²) in [5, 5.41) is 1.32. The van der Waals surface area contributed by atoms with E-state index in [1.165, 1.54) is 20.3 Å². The average Bonchev–Trinajstić information content (AvgIpc) is 2.88. The molecule has 0 fully saturated rings. The summed E-state index contributed by atoms with van der Waals surface area (Å²) >= 11 is 5.50. The molecule has 1 heterocycles. The van der Waals surface area contributed by atoms with Crippen LogP contribution in [0, 0.1) is 12.7 Å². The van der Waals surface area contributed by atoms with Crippen molar-refractivity contribution in [1.29, 1.82) is 0 Å². The number of benzene rings is 3. The highest BCUT2D eigenvalue weighted by atomic mass is 35.5. The van der Waals surface area contributed by atoms with E-state index in [4.69, 9.17) is 25.8 Å². The van der Waals surface area contributed by atoms with Crippen LogP contribution in [0.15, 0.2) is 48.5 Å². The molecule has 0 saturated heterocycles. The van der Waals surface area contributed by atoms with Crippen molar-refractivity contribution in [1.82, 2.24) is 9.97 Å². The van der Waals surface area contributed by atoms with Crippen LogP contribution in [0.1, 0.15) is 17.0 Å². The summed E-state index contributed by atoms with van der Waals surface area (Å²) in [5.74, 6) is -7.34. The van der Waals surface area contributed by atoms with Gasteiger partial charge in [0.2, 0.25) is 5.88 Å². The molecule has 0 saturated carbocycles. The van der Waals surface area contributed by atoms with Gasteiger partial charge in [0.1, 0.15) is 17.4 Å². The lowest BCUT2D eigenvalue weighted by Crippen LogP contribution is -2.33. The standard InChI is InChI=1S/C26H18ClF6N3O4/c1-12-34-20-11-22(39-3)21(38-2)10-15(20)23(35-12)40-14-5-6-16(19(28)9-14)25(29,30)24(37)36-13-4-7-18(27)17(8-13)26(31,32)33/h4-11H,1-3H3,(H,36,37). The van der Waals surface area contributed by atoms with Crippen LogP contribution >= 0.6 is 11.6 Å². The molecule has 1 N–H and O–H groups in total. The number of aryl methyl sites for hydroxylation is 1. The number of fused-ring (bicyclic) bond motifs is 1. The molecule has 1 aromatic heterocycles. The second kappa shape index (κ2) is 10.7. The number of hydrogen-bond donors (Lipinski definition) is 1. The minimum atomic E-state index is -4.90. The highest BCUT2D eigenvalue weighted by Gasteiger charge is 2.44. The number of methoxy groups -OCH3 is 2. The molecular formula is C26H18ClF6N3O4. The zero-order chi connectivity index (χ0) is 29.4. The lowest BCUT2D eigenvalue weighted by molar-refractivity contribution is -0.141. The van der Waals surface area contributed by atoms with E-state index in [0.717, 1.165) is 18.2 Å². The normalized spacial score (nSPS) is 11.8. The van der Waals surface area contributed by atoms with Gasteiger partial charge in [-0.05, 0) is 43.3 Å². The van der Waals surface area contributed by atoms with E-state index < -0.39 is 45.7 Å². The van der Waals surface area contributed by atoms with Crippen LogP contribution in [-0.2, 0) is 16.9 Å². The van der Waals surface area contributed by atoms with E-state index >= 15 is 0 Å². The van der Waals surface area contributed by atoms with Crippen LogP contribution in [0.2, 0.25) is 5.02 Å². The molecule has 7 nitrogen and oxygen atoms in total. The first-order valence-electron chi connectivity index (χ1n) is 11.2. The summed E-state index contributed by atoms with van der Waals surface area (Å²) in [5.41, 5.74) is -2.89. The van der Waals surface area contributed by atoms with Crippen molar-refractivity contribution in [3.8, 4) is 23.1 Å². The summed E-state index contributed by atoms with van der Waals surface area (Å²) in [6.45, 7) is 1.57. The number of nitrogens with zero attached hydrogens (tertiary/aromatic N) is 2. The van der Waals surface area contributed by atoms with E-state index in [2.05, 4.69) is 9.97 Å². The Hall–Kier alpha value is -4.26. The molecule has 0 atom stereocenters. The number of carbonyl (C=O) groups excluding carboxylic acids is 1. The van der Waals surface area contributed by atoms with Gasteiger partial charge >= 0.3 is 12.1 Å². The van der Waals surface area contributed by atoms with Gasteiger partial charge < -0.3 is 19.5 Å². The molecule has 210 valence electrons. The third-order valence-corrected chi connectivity index (χ3v) is 5.92. The number of alkyl halides is 5. The van der Waals surface area contributed by atoms with Gasteiger partial charge in [-0.3, -0.25) is 4.79 Å². The van der Waals surface area contributed by atoms with Gasteiger partial charge in [0.05, 0.1) is 41.3 Å². The molecule has 0 unspecified atom stereocenters. The number of rotatable bonds is 7. The maximum Gasteiger partial charge on any atom is 0.417 e. The van der Waals surface area contributed by atoms with E-state index in [1.54, 1.807) is 18.3 Å². The Morgan fingerprint density at radius 1 is 0.900 bits per heavy atom. The quantitative estimate of drug-likeness (QED) is 0.229. The van der Waals surface area contributed by atoms with E-state index in [9.17, 15) is 31.1 Å². The largest absolute Gasteiger partial charge is 0.493 e. The number of aromatic nitrogens is 2. The summed E-state index contributed by atoms with van der Waals surface area (Å²) in [6.07, 6.45) is -4.90. The topological polar surface area (TPSA) is 82.6 Å². The Morgan fingerprint density at radius 3 is 2.20 bits per heavy atom. The van der Waals surface area contributed by atoms with Crippen LogP contribution in [-0.4, -0.2) is 30.1 Å². The van der Waals surface area contributed by atoms with Crippen LogP contribution in [0.5, 0.6) is 23.1 Å². The molecule has 4 rings (SSSR count). The molecule has 0 bridgehead atoms. The Labute approximate surface area is 227 Å². The Bertz CT molecular complexity index is 1610. The fraction of sp³-hybridized carbons (Fsp3) is 0.192. The number of anilines is 1. The average molecular weight is 586 g/mol. The van der Waals surface area contributed by atoms with Crippen molar-refractivity contribution in [2.75, 3.05) is 19.5 Å². The highest BCUT2D eigenvalue weighted by molar-refractivity contribution is 6.31. The number of amides is 1. The zero-order valence-electron chi connectivity index (χ0n) is 20.8. The van der Waals surface area contributed by atoms with Crippen LogP contribution in [0.25, 0.3) is 10.9 Å². The van der Waals surface area contributed by atoms with Crippen LogP contribution in [0.3, 0.4) is 0 Å². The van der Waals surface area contributed by atoms with Crippen LogP contribution in [0.4, 0.5) is 32.0 Å². The monoisotopic (exact) mass is 585 g/mol. The maximum absolute atomic E-state index is 14.9. The number of hydrogen-bond acceptors (Lipinski definition) is 6. The van der Waals surface area contributed by atoms with Gasteiger partial charge in [0.25, 0.3) is 5.91 Å². The van der Waals surface area contributed by atoms with Gasteiger partial charge in [-0.2, -0.15) is 26.9 Å². The first-order valence-corrected chi connectivity index (χ1v) is 11.6. The maximum atomic E-state index is 14.9. The lowest BCUT2D eigenvalue weighted by Gasteiger charge is -2.18. The van der Waals surface area contributed by atoms with Gasteiger partial charge in [-0.25, -0.2) is 9.37 Å². The molecule has 0 aliphatic heterocycles. The third kappa shape index (κ3) is 5.69.